The van der Waals surface area contributed by atoms with Gasteiger partial charge in [-0.25, -0.2) is 0 Å². The Kier molecular flexibility index (Phi) is 5.46. The highest BCUT2D eigenvalue weighted by Gasteiger charge is 2.06. The summed E-state index contributed by atoms with van der Waals surface area (Å²) in [5, 5.41) is 2.61. The Hall–Kier alpha value is -2.48. The molecule has 0 aliphatic rings. The Bertz CT molecular complexity index is 1060. The van der Waals surface area contributed by atoms with Crippen LogP contribution in [0.2, 0.25) is 0 Å². The van der Waals surface area contributed by atoms with E-state index in [9.17, 15) is 0 Å². The fourth-order valence-electron chi connectivity index (χ4n) is 3.37. The van der Waals surface area contributed by atoms with Crippen LogP contribution in [0.15, 0.2) is 47.1 Å². The van der Waals surface area contributed by atoms with Gasteiger partial charge in [-0.1, -0.05) is 39.8 Å². The van der Waals surface area contributed by atoms with Crippen molar-refractivity contribution >= 4 is 21.9 Å². The maximum absolute atomic E-state index is 5.38. The molecule has 4 rings (SSSR count). The molecule has 2 heteroatoms. The van der Waals surface area contributed by atoms with Crippen LogP contribution in [0, 0.1) is 20.8 Å². The van der Waals surface area contributed by atoms with Gasteiger partial charge in [0.15, 0.2) is 0 Å². The third-order valence-electron chi connectivity index (χ3n) is 5.46. The van der Waals surface area contributed by atoms with Crippen molar-refractivity contribution in [3.8, 4) is 0 Å². The van der Waals surface area contributed by atoms with Gasteiger partial charge in [-0.05, 0) is 79.1 Å². The molecule has 2 heterocycles. The van der Waals surface area contributed by atoms with E-state index in [1.807, 2.05) is 6.26 Å². The molecule has 0 bridgehead atoms. The molecule has 0 aliphatic heterocycles. The van der Waals surface area contributed by atoms with Gasteiger partial charge in [0, 0.05) is 22.0 Å². The second-order valence-corrected chi connectivity index (χ2v) is 8.16. The van der Waals surface area contributed by atoms with Gasteiger partial charge in [0.2, 0.25) is 0 Å². The first-order chi connectivity index (χ1) is 12.8. The van der Waals surface area contributed by atoms with E-state index in [4.69, 9.17) is 4.42 Å². The van der Waals surface area contributed by atoms with E-state index in [-0.39, 0.29) is 0 Å². The molecular weight excluding hydrogens is 330 g/mol. The molecule has 0 atom stereocenters. The zero-order chi connectivity index (χ0) is 19.7. The second-order valence-electron chi connectivity index (χ2n) is 8.16. The summed E-state index contributed by atoms with van der Waals surface area (Å²) in [6, 6.07) is 13.1. The minimum absolute atomic E-state index is 0.582. The van der Waals surface area contributed by atoms with E-state index < -0.39 is 0 Å². The molecule has 2 aromatic heterocycles. The van der Waals surface area contributed by atoms with Crippen LogP contribution in [0.4, 0.5) is 0 Å². The van der Waals surface area contributed by atoms with Crippen LogP contribution in [-0.4, -0.2) is 4.98 Å². The third kappa shape index (κ3) is 3.95. The molecule has 0 aliphatic carbocycles. The molecule has 27 heavy (non-hydrogen) atoms. The van der Waals surface area contributed by atoms with Crippen molar-refractivity contribution < 1.29 is 4.42 Å². The molecule has 0 fully saturated rings. The van der Waals surface area contributed by atoms with Gasteiger partial charge in [-0.2, -0.15) is 0 Å². The van der Waals surface area contributed by atoms with Crippen molar-refractivity contribution in [2.75, 3.05) is 0 Å². The summed E-state index contributed by atoms with van der Waals surface area (Å²) in [7, 11) is 0. The summed E-state index contributed by atoms with van der Waals surface area (Å²) >= 11 is 0. The van der Waals surface area contributed by atoms with E-state index in [1.165, 1.54) is 44.2 Å². The number of nitrogens with one attached hydrogen (secondary N) is 1. The van der Waals surface area contributed by atoms with Crippen molar-refractivity contribution in [1.29, 1.82) is 0 Å². The van der Waals surface area contributed by atoms with E-state index in [2.05, 4.69) is 89.8 Å². The molecule has 0 saturated carbocycles. The summed E-state index contributed by atoms with van der Waals surface area (Å²) in [6.07, 6.45) is 1.81. The Balaban J connectivity index is 0.000000156. The predicted molar refractivity (Wildman–Crippen MR) is 117 cm³/mol. The lowest BCUT2D eigenvalue weighted by Crippen LogP contribution is -1.85. The molecule has 2 aromatic carbocycles. The first kappa shape index (κ1) is 19.3. The van der Waals surface area contributed by atoms with Gasteiger partial charge < -0.3 is 9.40 Å². The monoisotopic (exact) mass is 361 g/mol. The standard InChI is InChI=1S/C13H17N.C12H14O/c1-8(2)11-5-6-13-12(7-11)9(3)10(4)14-13;1-8(2)10-4-5-12-11(6-10)9(3)7-13-12/h5-8,14H,1-4H3;4-8H,1-3H3. The lowest BCUT2D eigenvalue weighted by atomic mass is 10.0. The molecule has 0 unspecified atom stereocenters. The van der Waals surface area contributed by atoms with E-state index >= 15 is 0 Å². The van der Waals surface area contributed by atoms with Gasteiger partial charge >= 0.3 is 0 Å². The zero-order valence-corrected chi connectivity index (χ0v) is 17.6. The Morgan fingerprint density at radius 2 is 1.37 bits per heavy atom. The Labute approximate surface area is 162 Å². The van der Waals surface area contributed by atoms with Crippen LogP contribution < -0.4 is 0 Å². The third-order valence-corrected chi connectivity index (χ3v) is 5.46. The highest BCUT2D eigenvalue weighted by molar-refractivity contribution is 5.85. The molecule has 0 radical (unpaired) electrons. The lowest BCUT2D eigenvalue weighted by Gasteiger charge is -2.04. The minimum Gasteiger partial charge on any atom is -0.464 e. The van der Waals surface area contributed by atoms with Gasteiger partial charge in [-0.15, -0.1) is 0 Å². The predicted octanol–water partition coefficient (Wildman–Crippen LogP) is 7.77. The number of benzene rings is 2. The number of furan rings is 1. The molecule has 0 saturated heterocycles. The topological polar surface area (TPSA) is 28.9 Å². The van der Waals surface area contributed by atoms with E-state index in [0.717, 1.165) is 5.58 Å². The summed E-state index contributed by atoms with van der Waals surface area (Å²) in [4.78, 5) is 3.39. The zero-order valence-electron chi connectivity index (χ0n) is 17.6. The van der Waals surface area contributed by atoms with Gasteiger partial charge in [-0.3, -0.25) is 0 Å². The smallest absolute Gasteiger partial charge is 0.134 e. The molecule has 0 amide bonds. The lowest BCUT2D eigenvalue weighted by molar-refractivity contribution is 0.613. The summed E-state index contributed by atoms with van der Waals surface area (Å²) < 4.78 is 5.38. The number of aromatic nitrogens is 1. The maximum atomic E-state index is 5.38. The van der Waals surface area contributed by atoms with Crippen LogP contribution in [0.3, 0.4) is 0 Å². The summed E-state index contributed by atoms with van der Waals surface area (Å²) in [5.74, 6) is 1.19. The van der Waals surface area contributed by atoms with Gasteiger partial charge in [0.1, 0.15) is 5.58 Å². The highest BCUT2D eigenvalue weighted by Crippen LogP contribution is 2.26. The number of aromatic amines is 1. The number of H-pyrrole nitrogens is 1. The van der Waals surface area contributed by atoms with Crippen molar-refractivity contribution in [2.24, 2.45) is 0 Å². The van der Waals surface area contributed by atoms with Crippen LogP contribution in [0.1, 0.15) is 67.5 Å². The van der Waals surface area contributed by atoms with E-state index in [1.54, 1.807) is 0 Å². The van der Waals surface area contributed by atoms with Crippen molar-refractivity contribution in [3.05, 3.63) is 70.6 Å². The van der Waals surface area contributed by atoms with Crippen molar-refractivity contribution in [2.45, 2.75) is 60.3 Å². The number of aryl methyl sites for hydroxylation is 3. The fourth-order valence-corrected chi connectivity index (χ4v) is 3.37. The highest BCUT2D eigenvalue weighted by atomic mass is 16.3. The fraction of sp³-hybridized carbons (Fsp3) is 0.360. The van der Waals surface area contributed by atoms with Crippen molar-refractivity contribution in [3.63, 3.8) is 0 Å². The number of hydrogen-bond acceptors (Lipinski definition) is 1. The number of hydrogen-bond donors (Lipinski definition) is 1. The minimum atomic E-state index is 0.582. The van der Waals surface area contributed by atoms with Crippen LogP contribution in [0.25, 0.3) is 21.9 Å². The summed E-state index contributed by atoms with van der Waals surface area (Å²) in [6.45, 7) is 15.3. The maximum Gasteiger partial charge on any atom is 0.134 e. The average molecular weight is 362 g/mol. The quantitative estimate of drug-likeness (QED) is 0.388. The first-order valence-electron chi connectivity index (χ1n) is 9.84. The van der Waals surface area contributed by atoms with Crippen molar-refractivity contribution in [1.82, 2.24) is 4.98 Å². The van der Waals surface area contributed by atoms with Gasteiger partial charge in [0.25, 0.3) is 0 Å². The molecule has 0 spiro atoms. The SMILES string of the molecule is Cc1[nH]c2ccc(C(C)C)cc2c1C.Cc1coc2ccc(C(C)C)cc12. The normalized spacial score (nSPS) is 11.4. The molecule has 2 nitrogen and oxygen atoms in total. The molecule has 142 valence electrons. The van der Waals surface area contributed by atoms with Gasteiger partial charge in [0.05, 0.1) is 6.26 Å². The average Bonchev–Trinajstić information content (AvgIpc) is 3.15. The molecular formula is C25H31NO. The van der Waals surface area contributed by atoms with Crippen LogP contribution >= 0.6 is 0 Å². The first-order valence-corrected chi connectivity index (χ1v) is 9.84. The largest absolute Gasteiger partial charge is 0.464 e. The Morgan fingerprint density at radius 3 is 2.00 bits per heavy atom. The number of fused-ring (bicyclic) bond motifs is 2. The Morgan fingerprint density at radius 1 is 0.778 bits per heavy atom. The van der Waals surface area contributed by atoms with Crippen LogP contribution in [0.5, 0.6) is 0 Å². The number of rotatable bonds is 2. The van der Waals surface area contributed by atoms with Crippen LogP contribution in [-0.2, 0) is 0 Å². The summed E-state index contributed by atoms with van der Waals surface area (Å²) in [5.41, 5.74) is 8.91. The second kappa shape index (κ2) is 7.64. The molecule has 4 aromatic rings. The van der Waals surface area contributed by atoms with E-state index in [0.29, 0.717) is 11.8 Å². The molecule has 1 N–H and O–H groups in total.